The van der Waals surface area contributed by atoms with Gasteiger partial charge in [0.2, 0.25) is 5.88 Å². The maximum absolute atomic E-state index is 10.9. The van der Waals surface area contributed by atoms with Gasteiger partial charge in [0, 0.05) is 19.2 Å². The smallest absolute Gasteiger partial charge is 0.335 e. The molecule has 0 spiro atoms. The number of rotatable bonds is 4. The third-order valence-corrected chi connectivity index (χ3v) is 3.36. The molecule has 1 aromatic carbocycles. The zero-order valence-electron chi connectivity index (χ0n) is 11.4. The Morgan fingerprint density at radius 2 is 2.00 bits per heavy atom. The number of hydrogen-bond donors (Lipinski definition) is 1. The van der Waals surface area contributed by atoms with E-state index in [0.29, 0.717) is 11.6 Å². The van der Waals surface area contributed by atoms with E-state index in [0.717, 1.165) is 18.9 Å². The van der Waals surface area contributed by atoms with Crippen molar-refractivity contribution in [1.82, 2.24) is 9.97 Å². The fourth-order valence-electron chi connectivity index (χ4n) is 2.32. The lowest BCUT2D eigenvalue weighted by Gasteiger charge is -2.16. The van der Waals surface area contributed by atoms with E-state index in [1.165, 1.54) is 31.3 Å². The second-order valence-electron chi connectivity index (χ2n) is 4.84. The van der Waals surface area contributed by atoms with Gasteiger partial charge >= 0.3 is 5.97 Å². The lowest BCUT2D eigenvalue weighted by atomic mass is 10.2. The van der Waals surface area contributed by atoms with Crippen molar-refractivity contribution in [1.29, 1.82) is 0 Å². The van der Waals surface area contributed by atoms with Crippen molar-refractivity contribution in [3.05, 3.63) is 42.2 Å². The van der Waals surface area contributed by atoms with Crippen LogP contribution in [0.2, 0.25) is 0 Å². The predicted molar refractivity (Wildman–Crippen MR) is 77.0 cm³/mol. The number of carbonyl (C=O) groups is 1. The summed E-state index contributed by atoms with van der Waals surface area (Å²) in [5.41, 5.74) is 0.182. The molecule has 0 radical (unpaired) electrons. The van der Waals surface area contributed by atoms with E-state index in [-0.39, 0.29) is 5.56 Å². The molecule has 0 atom stereocenters. The van der Waals surface area contributed by atoms with Gasteiger partial charge in [-0.3, -0.25) is 0 Å². The van der Waals surface area contributed by atoms with Crippen LogP contribution >= 0.6 is 0 Å². The molecule has 1 aromatic heterocycles. The third-order valence-electron chi connectivity index (χ3n) is 3.36. The number of carboxylic acids is 1. The Labute approximate surface area is 122 Å². The molecule has 0 saturated carbocycles. The summed E-state index contributed by atoms with van der Waals surface area (Å²) in [7, 11) is 0. The molecule has 1 aliphatic heterocycles. The molecule has 6 nitrogen and oxygen atoms in total. The zero-order chi connectivity index (χ0) is 14.7. The molecule has 1 fully saturated rings. The summed E-state index contributed by atoms with van der Waals surface area (Å²) in [6.45, 7) is 1.98. The summed E-state index contributed by atoms with van der Waals surface area (Å²) in [5.74, 6) is 0.711. The molecule has 21 heavy (non-hydrogen) atoms. The third kappa shape index (κ3) is 3.10. The topological polar surface area (TPSA) is 75.6 Å². The Bertz CT molecular complexity index is 654. The largest absolute Gasteiger partial charge is 0.478 e. The minimum atomic E-state index is -0.985. The maximum Gasteiger partial charge on any atom is 0.335 e. The minimum Gasteiger partial charge on any atom is -0.478 e. The first-order valence-corrected chi connectivity index (χ1v) is 6.80. The molecule has 0 aliphatic carbocycles. The molecule has 1 aliphatic rings. The number of hydrogen-bond acceptors (Lipinski definition) is 5. The molecule has 3 rings (SSSR count). The van der Waals surface area contributed by atoms with E-state index in [2.05, 4.69) is 14.9 Å². The number of benzene rings is 1. The van der Waals surface area contributed by atoms with Gasteiger partial charge in [0.1, 0.15) is 17.9 Å². The van der Waals surface area contributed by atoms with Gasteiger partial charge in [0.05, 0.1) is 5.56 Å². The average molecular weight is 285 g/mol. The van der Waals surface area contributed by atoms with Crippen molar-refractivity contribution in [2.24, 2.45) is 0 Å². The van der Waals surface area contributed by atoms with Crippen LogP contribution in [-0.2, 0) is 0 Å². The molecular formula is C15H15N3O3. The van der Waals surface area contributed by atoms with Gasteiger partial charge < -0.3 is 14.7 Å². The van der Waals surface area contributed by atoms with Crippen molar-refractivity contribution in [2.75, 3.05) is 18.0 Å². The fourth-order valence-corrected chi connectivity index (χ4v) is 2.32. The van der Waals surface area contributed by atoms with Gasteiger partial charge in [-0.15, -0.1) is 0 Å². The van der Waals surface area contributed by atoms with Crippen LogP contribution < -0.4 is 9.64 Å². The standard InChI is InChI=1S/C15H15N3O3/c19-15(20)11-4-3-5-12(8-11)21-14-9-13(16-10-17-14)18-6-1-2-7-18/h3-5,8-10H,1-2,6-7H2,(H,19,20). The van der Waals surface area contributed by atoms with Crippen LogP contribution in [0, 0.1) is 0 Å². The van der Waals surface area contributed by atoms with Crippen molar-refractivity contribution >= 4 is 11.8 Å². The Hall–Kier alpha value is -2.63. The first-order chi connectivity index (χ1) is 10.2. The van der Waals surface area contributed by atoms with Gasteiger partial charge in [0.15, 0.2) is 0 Å². The van der Waals surface area contributed by atoms with E-state index >= 15 is 0 Å². The summed E-state index contributed by atoms with van der Waals surface area (Å²) in [6.07, 6.45) is 3.80. The number of anilines is 1. The molecule has 0 bridgehead atoms. The second kappa shape index (κ2) is 5.78. The van der Waals surface area contributed by atoms with Crippen molar-refractivity contribution in [3.8, 4) is 11.6 Å². The molecular weight excluding hydrogens is 270 g/mol. The first kappa shape index (κ1) is 13.4. The van der Waals surface area contributed by atoms with Crippen LogP contribution in [0.25, 0.3) is 0 Å². The van der Waals surface area contributed by atoms with Crippen molar-refractivity contribution in [2.45, 2.75) is 12.8 Å². The highest BCUT2D eigenvalue weighted by Crippen LogP contribution is 2.24. The lowest BCUT2D eigenvalue weighted by molar-refractivity contribution is 0.0696. The second-order valence-corrected chi connectivity index (χ2v) is 4.84. The number of aromatic nitrogens is 2. The van der Waals surface area contributed by atoms with Crippen LogP contribution in [0.5, 0.6) is 11.6 Å². The predicted octanol–water partition coefficient (Wildman–Crippen LogP) is 2.57. The summed E-state index contributed by atoms with van der Waals surface area (Å²) >= 11 is 0. The van der Waals surface area contributed by atoms with E-state index in [4.69, 9.17) is 9.84 Å². The normalized spacial score (nSPS) is 14.2. The van der Waals surface area contributed by atoms with Gasteiger partial charge in [-0.25, -0.2) is 14.8 Å². The highest BCUT2D eigenvalue weighted by molar-refractivity contribution is 5.88. The molecule has 108 valence electrons. The fraction of sp³-hybridized carbons (Fsp3) is 0.267. The summed E-state index contributed by atoms with van der Waals surface area (Å²) in [5, 5.41) is 8.98. The van der Waals surface area contributed by atoms with Crippen LogP contribution in [-0.4, -0.2) is 34.1 Å². The van der Waals surface area contributed by atoms with E-state index in [1.807, 2.05) is 0 Å². The number of aromatic carboxylic acids is 1. The molecule has 1 saturated heterocycles. The summed E-state index contributed by atoms with van der Waals surface area (Å²) in [6, 6.07) is 8.11. The quantitative estimate of drug-likeness (QED) is 0.930. The number of ether oxygens (including phenoxy) is 1. The summed E-state index contributed by atoms with van der Waals surface area (Å²) in [4.78, 5) is 21.5. The lowest BCUT2D eigenvalue weighted by Crippen LogP contribution is -2.18. The van der Waals surface area contributed by atoms with Crippen LogP contribution in [0.1, 0.15) is 23.2 Å². The van der Waals surface area contributed by atoms with Crippen molar-refractivity contribution in [3.63, 3.8) is 0 Å². The number of nitrogens with zero attached hydrogens (tertiary/aromatic N) is 3. The van der Waals surface area contributed by atoms with E-state index < -0.39 is 5.97 Å². The average Bonchev–Trinajstić information content (AvgIpc) is 3.02. The first-order valence-electron chi connectivity index (χ1n) is 6.80. The monoisotopic (exact) mass is 285 g/mol. The summed E-state index contributed by atoms with van der Waals surface area (Å²) < 4.78 is 5.63. The Kier molecular flexibility index (Phi) is 3.68. The highest BCUT2D eigenvalue weighted by atomic mass is 16.5. The van der Waals surface area contributed by atoms with Gasteiger partial charge in [-0.1, -0.05) is 6.07 Å². The highest BCUT2D eigenvalue weighted by Gasteiger charge is 2.14. The zero-order valence-corrected chi connectivity index (χ0v) is 11.4. The minimum absolute atomic E-state index is 0.182. The van der Waals surface area contributed by atoms with Crippen LogP contribution in [0.3, 0.4) is 0 Å². The molecule has 2 aromatic rings. The van der Waals surface area contributed by atoms with E-state index in [9.17, 15) is 4.79 Å². The Morgan fingerprint density at radius 1 is 1.19 bits per heavy atom. The Balaban J connectivity index is 1.79. The van der Waals surface area contributed by atoms with Crippen molar-refractivity contribution < 1.29 is 14.6 Å². The molecule has 6 heteroatoms. The molecule has 0 unspecified atom stereocenters. The molecule has 1 N–H and O–H groups in total. The van der Waals surface area contributed by atoms with E-state index in [1.54, 1.807) is 18.2 Å². The maximum atomic E-state index is 10.9. The van der Waals surface area contributed by atoms with Gasteiger partial charge in [0.25, 0.3) is 0 Å². The van der Waals surface area contributed by atoms with Crippen LogP contribution in [0.15, 0.2) is 36.7 Å². The SMILES string of the molecule is O=C(O)c1cccc(Oc2cc(N3CCCC3)ncn2)c1. The van der Waals surface area contributed by atoms with Gasteiger partial charge in [-0.05, 0) is 31.0 Å². The number of carboxylic acid groups (broad SMARTS) is 1. The van der Waals surface area contributed by atoms with Crippen LogP contribution in [0.4, 0.5) is 5.82 Å². The van der Waals surface area contributed by atoms with Gasteiger partial charge in [-0.2, -0.15) is 0 Å². The molecule has 2 heterocycles. The Morgan fingerprint density at radius 3 is 2.76 bits per heavy atom. The molecule has 0 amide bonds.